The molecule has 0 saturated heterocycles. The fourth-order valence-corrected chi connectivity index (χ4v) is 1.91. The molecule has 0 spiro atoms. The molecule has 0 aromatic carbocycles. The molecular formula is C10H16N4O. The Morgan fingerprint density at radius 1 is 1.47 bits per heavy atom. The molecule has 0 radical (unpaired) electrons. The van der Waals surface area contributed by atoms with E-state index in [0.29, 0.717) is 11.7 Å². The van der Waals surface area contributed by atoms with E-state index in [4.69, 9.17) is 5.73 Å². The van der Waals surface area contributed by atoms with Crippen LogP contribution in [0.4, 0.5) is 0 Å². The van der Waals surface area contributed by atoms with Crippen molar-refractivity contribution in [2.75, 3.05) is 0 Å². The fraction of sp³-hybridized carbons (Fsp3) is 0.600. The minimum atomic E-state index is -0.100. The first-order valence-electron chi connectivity index (χ1n) is 5.31. The van der Waals surface area contributed by atoms with Gasteiger partial charge in [0, 0.05) is 18.3 Å². The second-order valence-corrected chi connectivity index (χ2v) is 4.04. The van der Waals surface area contributed by atoms with Crippen molar-refractivity contribution in [2.24, 2.45) is 5.73 Å². The lowest BCUT2D eigenvalue weighted by molar-refractivity contribution is 0.0921. The van der Waals surface area contributed by atoms with Crippen molar-refractivity contribution < 1.29 is 4.79 Å². The van der Waals surface area contributed by atoms with Gasteiger partial charge in [-0.3, -0.25) is 4.79 Å². The standard InChI is InChI=1S/C10H16N4O/c11-7-1-3-8(4-2-7)14-10(15)9-5-12-6-13-9/h5-8H,1-4,11H2,(H,12,13)(H,14,15)/t7-,8-. The van der Waals surface area contributed by atoms with E-state index < -0.39 is 0 Å². The number of imidazole rings is 1. The molecule has 0 bridgehead atoms. The van der Waals surface area contributed by atoms with Gasteiger partial charge in [-0.25, -0.2) is 4.98 Å². The number of carbonyl (C=O) groups is 1. The van der Waals surface area contributed by atoms with Crippen LogP contribution in [-0.4, -0.2) is 28.0 Å². The third kappa shape index (κ3) is 2.56. The first-order chi connectivity index (χ1) is 7.25. The normalized spacial score (nSPS) is 26.2. The highest BCUT2D eigenvalue weighted by Crippen LogP contribution is 2.17. The molecule has 1 saturated carbocycles. The predicted molar refractivity (Wildman–Crippen MR) is 56.3 cm³/mol. The number of hydrogen-bond acceptors (Lipinski definition) is 3. The number of hydrogen-bond donors (Lipinski definition) is 3. The number of nitrogens with zero attached hydrogens (tertiary/aromatic N) is 1. The molecule has 2 rings (SSSR count). The van der Waals surface area contributed by atoms with Gasteiger partial charge in [-0.15, -0.1) is 0 Å². The van der Waals surface area contributed by atoms with Crippen molar-refractivity contribution in [3.8, 4) is 0 Å². The van der Waals surface area contributed by atoms with Crippen LogP contribution in [0.25, 0.3) is 0 Å². The van der Waals surface area contributed by atoms with Gasteiger partial charge in [-0.2, -0.15) is 0 Å². The highest BCUT2D eigenvalue weighted by Gasteiger charge is 2.20. The van der Waals surface area contributed by atoms with Crippen molar-refractivity contribution in [3.63, 3.8) is 0 Å². The van der Waals surface area contributed by atoms with E-state index in [-0.39, 0.29) is 11.9 Å². The first kappa shape index (κ1) is 10.2. The molecule has 1 aliphatic carbocycles. The van der Waals surface area contributed by atoms with Gasteiger partial charge in [-0.05, 0) is 25.7 Å². The number of nitrogens with two attached hydrogens (primary N) is 1. The van der Waals surface area contributed by atoms with Gasteiger partial charge in [0.1, 0.15) is 5.69 Å². The van der Waals surface area contributed by atoms with E-state index in [0.717, 1.165) is 25.7 Å². The van der Waals surface area contributed by atoms with Crippen LogP contribution in [0.2, 0.25) is 0 Å². The number of amides is 1. The average molecular weight is 208 g/mol. The van der Waals surface area contributed by atoms with E-state index in [2.05, 4.69) is 15.3 Å². The van der Waals surface area contributed by atoms with Gasteiger partial charge in [0.05, 0.1) is 6.33 Å². The summed E-state index contributed by atoms with van der Waals surface area (Å²) in [6.45, 7) is 0. The SMILES string of the molecule is N[C@H]1CC[C@H](NC(=O)c2c[nH]cn2)CC1. The van der Waals surface area contributed by atoms with E-state index in [9.17, 15) is 4.79 Å². The Kier molecular flexibility index (Phi) is 3.01. The zero-order valence-corrected chi connectivity index (χ0v) is 8.57. The Morgan fingerprint density at radius 3 is 2.80 bits per heavy atom. The Labute approximate surface area is 88.5 Å². The highest BCUT2D eigenvalue weighted by atomic mass is 16.1. The number of H-pyrrole nitrogens is 1. The number of nitrogens with one attached hydrogen (secondary N) is 2. The Morgan fingerprint density at radius 2 is 2.20 bits per heavy atom. The highest BCUT2D eigenvalue weighted by molar-refractivity contribution is 5.92. The largest absolute Gasteiger partial charge is 0.350 e. The molecule has 82 valence electrons. The van der Waals surface area contributed by atoms with Crippen molar-refractivity contribution in [2.45, 2.75) is 37.8 Å². The minimum absolute atomic E-state index is 0.100. The quantitative estimate of drug-likeness (QED) is 0.658. The van der Waals surface area contributed by atoms with Gasteiger partial charge in [-0.1, -0.05) is 0 Å². The van der Waals surface area contributed by atoms with Gasteiger partial charge in [0.25, 0.3) is 5.91 Å². The monoisotopic (exact) mass is 208 g/mol. The number of rotatable bonds is 2. The van der Waals surface area contributed by atoms with Crippen LogP contribution in [0.5, 0.6) is 0 Å². The molecule has 1 fully saturated rings. The molecule has 5 heteroatoms. The molecule has 0 unspecified atom stereocenters. The number of aromatic nitrogens is 2. The van der Waals surface area contributed by atoms with Gasteiger partial charge >= 0.3 is 0 Å². The van der Waals surface area contributed by atoms with Crippen molar-refractivity contribution in [3.05, 3.63) is 18.2 Å². The third-order valence-corrected chi connectivity index (χ3v) is 2.84. The third-order valence-electron chi connectivity index (χ3n) is 2.84. The maximum atomic E-state index is 11.6. The summed E-state index contributed by atoms with van der Waals surface area (Å²) in [6.07, 6.45) is 7.03. The van der Waals surface area contributed by atoms with Crippen LogP contribution in [0.1, 0.15) is 36.2 Å². The van der Waals surface area contributed by atoms with Crippen LogP contribution in [0.15, 0.2) is 12.5 Å². The summed E-state index contributed by atoms with van der Waals surface area (Å²) in [5.41, 5.74) is 6.24. The predicted octanol–water partition coefficient (Wildman–Crippen LogP) is 0.409. The summed E-state index contributed by atoms with van der Waals surface area (Å²) in [5, 5.41) is 2.96. The summed E-state index contributed by atoms with van der Waals surface area (Å²) in [5.74, 6) is -0.100. The summed E-state index contributed by atoms with van der Waals surface area (Å²) >= 11 is 0. The van der Waals surface area contributed by atoms with Crippen LogP contribution in [-0.2, 0) is 0 Å². The van der Waals surface area contributed by atoms with Gasteiger partial charge < -0.3 is 16.0 Å². The maximum absolute atomic E-state index is 11.6. The molecule has 0 atom stereocenters. The Hall–Kier alpha value is -1.36. The average Bonchev–Trinajstić information content (AvgIpc) is 2.74. The van der Waals surface area contributed by atoms with Crippen molar-refractivity contribution in [1.29, 1.82) is 0 Å². The lowest BCUT2D eigenvalue weighted by atomic mass is 9.92. The Bertz CT molecular complexity index is 314. The molecule has 15 heavy (non-hydrogen) atoms. The van der Waals surface area contributed by atoms with Crippen LogP contribution in [0, 0.1) is 0 Å². The smallest absolute Gasteiger partial charge is 0.271 e. The zero-order chi connectivity index (χ0) is 10.7. The lowest BCUT2D eigenvalue weighted by Crippen LogP contribution is -2.40. The zero-order valence-electron chi connectivity index (χ0n) is 8.57. The van der Waals surface area contributed by atoms with Crippen LogP contribution >= 0.6 is 0 Å². The maximum Gasteiger partial charge on any atom is 0.271 e. The molecule has 5 nitrogen and oxygen atoms in total. The van der Waals surface area contributed by atoms with Gasteiger partial charge in [0.15, 0.2) is 0 Å². The van der Waals surface area contributed by atoms with Gasteiger partial charge in [0.2, 0.25) is 0 Å². The first-order valence-corrected chi connectivity index (χ1v) is 5.31. The summed E-state index contributed by atoms with van der Waals surface area (Å²) in [4.78, 5) is 18.3. The molecule has 1 aliphatic rings. The van der Waals surface area contributed by atoms with E-state index in [1.54, 1.807) is 6.20 Å². The second kappa shape index (κ2) is 4.44. The number of aromatic amines is 1. The molecule has 1 aromatic heterocycles. The topological polar surface area (TPSA) is 83.8 Å². The molecule has 1 heterocycles. The van der Waals surface area contributed by atoms with Crippen LogP contribution < -0.4 is 11.1 Å². The molecule has 0 aliphatic heterocycles. The molecule has 4 N–H and O–H groups in total. The van der Waals surface area contributed by atoms with E-state index >= 15 is 0 Å². The van der Waals surface area contributed by atoms with Crippen LogP contribution in [0.3, 0.4) is 0 Å². The summed E-state index contributed by atoms with van der Waals surface area (Å²) < 4.78 is 0. The summed E-state index contributed by atoms with van der Waals surface area (Å²) in [7, 11) is 0. The van der Waals surface area contributed by atoms with Crippen molar-refractivity contribution >= 4 is 5.91 Å². The molecular weight excluding hydrogens is 192 g/mol. The van der Waals surface area contributed by atoms with Crippen molar-refractivity contribution in [1.82, 2.24) is 15.3 Å². The molecule has 1 amide bonds. The summed E-state index contributed by atoms with van der Waals surface area (Å²) in [6, 6.07) is 0.567. The minimum Gasteiger partial charge on any atom is -0.350 e. The second-order valence-electron chi connectivity index (χ2n) is 4.04. The van der Waals surface area contributed by atoms with E-state index in [1.807, 2.05) is 0 Å². The number of carbonyl (C=O) groups excluding carboxylic acids is 1. The Balaban J connectivity index is 1.85. The lowest BCUT2D eigenvalue weighted by Gasteiger charge is -2.26. The fourth-order valence-electron chi connectivity index (χ4n) is 1.91. The van der Waals surface area contributed by atoms with E-state index in [1.165, 1.54) is 6.33 Å². The molecule has 1 aromatic rings.